The standard InChI is InChI=1S/C20H19ClN2O3/c1-2-5-14-6-3-4-7-19(14)26-12-16(24)11-23-13-22-18-9-8-15(21)10-17(18)20(23)25/h2-4,6-10,13,16,24H,1,5,11-12H2. The number of nitrogens with zero attached hydrogens (tertiary/aromatic N) is 2. The second-order valence-electron chi connectivity index (χ2n) is 5.93. The van der Waals surface area contributed by atoms with E-state index in [2.05, 4.69) is 11.6 Å². The predicted molar refractivity (Wildman–Crippen MR) is 103 cm³/mol. The molecule has 5 nitrogen and oxygen atoms in total. The topological polar surface area (TPSA) is 64.3 Å². The number of hydrogen-bond acceptors (Lipinski definition) is 4. The average Bonchev–Trinajstić information content (AvgIpc) is 2.64. The minimum Gasteiger partial charge on any atom is -0.491 e. The maximum Gasteiger partial charge on any atom is 0.261 e. The summed E-state index contributed by atoms with van der Waals surface area (Å²) in [5.41, 5.74) is 1.32. The van der Waals surface area contributed by atoms with Crippen LogP contribution in [0.1, 0.15) is 5.56 Å². The van der Waals surface area contributed by atoms with Gasteiger partial charge in [-0.3, -0.25) is 9.36 Å². The molecule has 0 amide bonds. The van der Waals surface area contributed by atoms with Gasteiger partial charge >= 0.3 is 0 Å². The van der Waals surface area contributed by atoms with Crippen LogP contribution in [-0.4, -0.2) is 27.4 Å². The van der Waals surface area contributed by atoms with Gasteiger partial charge in [0, 0.05) is 5.02 Å². The first kappa shape index (κ1) is 18.2. The Labute approximate surface area is 156 Å². The largest absolute Gasteiger partial charge is 0.491 e. The van der Waals surface area contributed by atoms with Crippen LogP contribution in [-0.2, 0) is 13.0 Å². The summed E-state index contributed by atoms with van der Waals surface area (Å²) in [5, 5.41) is 11.2. The summed E-state index contributed by atoms with van der Waals surface area (Å²) in [6.07, 6.45) is 3.04. The molecule has 3 rings (SSSR count). The van der Waals surface area contributed by atoms with E-state index >= 15 is 0 Å². The molecule has 0 fully saturated rings. The number of aliphatic hydroxyl groups is 1. The summed E-state index contributed by atoms with van der Waals surface area (Å²) in [6, 6.07) is 12.5. The molecule has 0 aliphatic heterocycles. The van der Waals surface area contributed by atoms with Crippen LogP contribution in [0.3, 0.4) is 0 Å². The minimum absolute atomic E-state index is 0.0637. The van der Waals surface area contributed by atoms with Crippen molar-refractivity contribution in [3.63, 3.8) is 0 Å². The fourth-order valence-electron chi connectivity index (χ4n) is 2.70. The molecule has 0 saturated heterocycles. The van der Waals surface area contributed by atoms with E-state index < -0.39 is 6.10 Å². The number of fused-ring (bicyclic) bond motifs is 1. The lowest BCUT2D eigenvalue weighted by Crippen LogP contribution is -2.30. The van der Waals surface area contributed by atoms with E-state index in [0.29, 0.717) is 28.1 Å². The zero-order valence-corrected chi connectivity index (χ0v) is 14.9. The molecule has 0 aliphatic rings. The molecule has 3 aromatic rings. The Morgan fingerprint density at radius 2 is 2.12 bits per heavy atom. The summed E-state index contributed by atoms with van der Waals surface area (Å²) >= 11 is 5.95. The lowest BCUT2D eigenvalue weighted by atomic mass is 10.1. The van der Waals surface area contributed by atoms with E-state index in [0.717, 1.165) is 5.56 Å². The maximum absolute atomic E-state index is 12.5. The van der Waals surface area contributed by atoms with Crippen molar-refractivity contribution in [1.29, 1.82) is 0 Å². The molecule has 1 heterocycles. The third-order valence-corrected chi connectivity index (χ3v) is 4.20. The molecule has 1 unspecified atom stereocenters. The monoisotopic (exact) mass is 370 g/mol. The number of benzene rings is 2. The van der Waals surface area contributed by atoms with Gasteiger partial charge in [-0.25, -0.2) is 4.98 Å². The van der Waals surface area contributed by atoms with Crippen molar-refractivity contribution in [2.45, 2.75) is 19.1 Å². The Kier molecular flexibility index (Phi) is 5.71. The molecule has 0 spiro atoms. The molecular formula is C20H19ClN2O3. The zero-order chi connectivity index (χ0) is 18.5. The SMILES string of the molecule is C=CCc1ccccc1OCC(O)Cn1cnc2ccc(Cl)cc2c1=O. The van der Waals surface area contributed by atoms with Crippen molar-refractivity contribution in [2.24, 2.45) is 0 Å². The van der Waals surface area contributed by atoms with Gasteiger partial charge in [0.15, 0.2) is 0 Å². The summed E-state index contributed by atoms with van der Waals surface area (Å²) in [7, 11) is 0. The van der Waals surface area contributed by atoms with Gasteiger partial charge in [0.25, 0.3) is 5.56 Å². The van der Waals surface area contributed by atoms with Gasteiger partial charge in [0.2, 0.25) is 0 Å². The van der Waals surface area contributed by atoms with Crippen LogP contribution in [0, 0.1) is 0 Å². The molecular weight excluding hydrogens is 352 g/mol. The quantitative estimate of drug-likeness (QED) is 0.648. The molecule has 134 valence electrons. The molecule has 0 saturated carbocycles. The van der Waals surface area contributed by atoms with E-state index in [4.69, 9.17) is 16.3 Å². The predicted octanol–water partition coefficient (Wildman–Crippen LogP) is 3.22. The molecule has 1 aromatic heterocycles. The summed E-state index contributed by atoms with van der Waals surface area (Å²) in [6.45, 7) is 3.87. The lowest BCUT2D eigenvalue weighted by molar-refractivity contribution is 0.0911. The summed E-state index contributed by atoms with van der Waals surface area (Å²) < 4.78 is 7.08. The minimum atomic E-state index is -0.858. The fraction of sp³-hybridized carbons (Fsp3) is 0.200. The van der Waals surface area contributed by atoms with Gasteiger partial charge in [0.05, 0.1) is 23.8 Å². The van der Waals surface area contributed by atoms with Gasteiger partial charge in [0.1, 0.15) is 18.5 Å². The lowest BCUT2D eigenvalue weighted by Gasteiger charge is -2.15. The van der Waals surface area contributed by atoms with E-state index in [1.807, 2.05) is 24.3 Å². The molecule has 1 N–H and O–H groups in total. The average molecular weight is 371 g/mol. The number of halogens is 1. The first-order valence-electron chi connectivity index (χ1n) is 8.23. The molecule has 1 atom stereocenters. The third-order valence-electron chi connectivity index (χ3n) is 3.96. The third kappa shape index (κ3) is 4.12. The number of hydrogen-bond donors (Lipinski definition) is 1. The van der Waals surface area contributed by atoms with Gasteiger partial charge in [-0.1, -0.05) is 35.9 Å². The van der Waals surface area contributed by atoms with Crippen molar-refractivity contribution in [2.75, 3.05) is 6.61 Å². The van der Waals surface area contributed by atoms with E-state index in [1.54, 1.807) is 24.3 Å². The van der Waals surface area contributed by atoms with Gasteiger partial charge < -0.3 is 9.84 Å². The Hall–Kier alpha value is -2.63. The van der Waals surface area contributed by atoms with Crippen LogP contribution in [0.5, 0.6) is 5.75 Å². The normalized spacial score (nSPS) is 12.1. The van der Waals surface area contributed by atoms with E-state index in [-0.39, 0.29) is 18.7 Å². The smallest absolute Gasteiger partial charge is 0.261 e. The molecule has 26 heavy (non-hydrogen) atoms. The van der Waals surface area contributed by atoms with Gasteiger partial charge in [-0.15, -0.1) is 6.58 Å². The zero-order valence-electron chi connectivity index (χ0n) is 14.1. The van der Waals surface area contributed by atoms with Crippen molar-refractivity contribution < 1.29 is 9.84 Å². The second-order valence-corrected chi connectivity index (χ2v) is 6.37. The number of rotatable bonds is 7. The Balaban J connectivity index is 1.72. The van der Waals surface area contributed by atoms with Crippen molar-refractivity contribution in [3.8, 4) is 5.75 Å². The van der Waals surface area contributed by atoms with Crippen LogP contribution in [0.25, 0.3) is 10.9 Å². The van der Waals surface area contributed by atoms with E-state index in [1.165, 1.54) is 10.9 Å². The highest BCUT2D eigenvalue weighted by Gasteiger charge is 2.11. The van der Waals surface area contributed by atoms with Gasteiger partial charge in [-0.05, 0) is 36.2 Å². The number of ether oxygens (including phenoxy) is 1. The Bertz CT molecular complexity index is 984. The first-order chi connectivity index (χ1) is 12.6. The number of aliphatic hydroxyl groups excluding tert-OH is 1. The van der Waals surface area contributed by atoms with Crippen LogP contribution < -0.4 is 10.3 Å². The summed E-state index contributed by atoms with van der Waals surface area (Å²) in [4.78, 5) is 16.8. The highest BCUT2D eigenvalue weighted by atomic mass is 35.5. The van der Waals surface area contributed by atoms with Crippen molar-refractivity contribution >= 4 is 22.5 Å². The van der Waals surface area contributed by atoms with Crippen LogP contribution in [0.4, 0.5) is 0 Å². The Morgan fingerprint density at radius 1 is 1.31 bits per heavy atom. The molecule has 6 heteroatoms. The molecule has 2 aromatic carbocycles. The van der Waals surface area contributed by atoms with Crippen molar-refractivity contribution in [1.82, 2.24) is 9.55 Å². The van der Waals surface area contributed by atoms with Gasteiger partial charge in [-0.2, -0.15) is 0 Å². The second kappa shape index (κ2) is 8.17. The summed E-state index contributed by atoms with van der Waals surface area (Å²) in [5.74, 6) is 0.696. The van der Waals surface area contributed by atoms with E-state index in [9.17, 15) is 9.90 Å². The van der Waals surface area contributed by atoms with Crippen LogP contribution >= 0.6 is 11.6 Å². The Morgan fingerprint density at radius 3 is 2.92 bits per heavy atom. The first-order valence-corrected chi connectivity index (χ1v) is 8.60. The van der Waals surface area contributed by atoms with Crippen molar-refractivity contribution in [3.05, 3.63) is 82.4 Å². The highest BCUT2D eigenvalue weighted by molar-refractivity contribution is 6.31. The molecule has 0 aliphatic carbocycles. The maximum atomic E-state index is 12.5. The van der Waals surface area contributed by atoms with Crippen LogP contribution in [0.15, 0.2) is 66.2 Å². The number of aromatic nitrogens is 2. The molecule has 0 radical (unpaired) electrons. The molecule has 0 bridgehead atoms. The number of allylic oxidation sites excluding steroid dienone is 1. The number of para-hydroxylation sites is 1. The van der Waals surface area contributed by atoms with Crippen LogP contribution in [0.2, 0.25) is 5.02 Å². The highest BCUT2D eigenvalue weighted by Crippen LogP contribution is 2.19. The fourth-order valence-corrected chi connectivity index (χ4v) is 2.87.